The normalized spacial score (nSPS) is 14.5. The summed E-state index contributed by atoms with van der Waals surface area (Å²) in [4.78, 5) is 12.7. The summed E-state index contributed by atoms with van der Waals surface area (Å²) in [5.74, 6) is -0.506. The Morgan fingerprint density at radius 2 is 2.18 bits per heavy atom. The van der Waals surface area contributed by atoms with E-state index < -0.39 is 10.8 Å². The number of nitro groups is 1. The number of nitrogens with zero attached hydrogens (tertiary/aromatic N) is 4. The third-order valence-corrected chi connectivity index (χ3v) is 3.30. The van der Waals surface area contributed by atoms with Crippen LogP contribution in [-0.4, -0.2) is 29.6 Å². The average Bonchev–Trinajstić information content (AvgIpc) is 3.01. The van der Waals surface area contributed by atoms with E-state index in [1.54, 1.807) is 18.2 Å². The Morgan fingerprint density at radius 3 is 2.73 bits per heavy atom. The molecule has 4 N–H and O–H groups in total. The van der Waals surface area contributed by atoms with Crippen molar-refractivity contribution in [1.29, 1.82) is 10.7 Å². The lowest BCUT2D eigenvalue weighted by atomic mass is 10.2. The molecular weight excluding hydrogens is 286 g/mol. The van der Waals surface area contributed by atoms with E-state index in [2.05, 4.69) is 15.4 Å². The summed E-state index contributed by atoms with van der Waals surface area (Å²) in [6, 6.07) is 6.34. The molecule has 1 aromatic carbocycles. The van der Waals surface area contributed by atoms with Gasteiger partial charge in [0.15, 0.2) is 5.84 Å². The molecule has 0 radical (unpaired) electrons. The van der Waals surface area contributed by atoms with Gasteiger partial charge in [0.25, 0.3) is 5.69 Å². The average molecular weight is 301 g/mol. The summed E-state index contributed by atoms with van der Waals surface area (Å²) < 4.78 is 0. The van der Waals surface area contributed by atoms with Gasteiger partial charge < -0.3 is 10.6 Å². The lowest BCUT2D eigenvalue weighted by Gasteiger charge is -2.18. The smallest absolute Gasteiger partial charge is 0.294 e. The summed E-state index contributed by atoms with van der Waals surface area (Å²) >= 11 is 0. The third kappa shape index (κ3) is 3.29. The molecule has 1 saturated heterocycles. The van der Waals surface area contributed by atoms with Crippen LogP contribution in [0.4, 0.5) is 17.1 Å². The minimum atomic E-state index is -0.536. The summed E-state index contributed by atoms with van der Waals surface area (Å²) in [5, 5.41) is 30.7. The zero-order chi connectivity index (χ0) is 16.1. The first kappa shape index (κ1) is 15.2. The van der Waals surface area contributed by atoms with Crippen LogP contribution in [0.3, 0.4) is 0 Å². The van der Waals surface area contributed by atoms with Gasteiger partial charge in [-0.2, -0.15) is 10.4 Å². The van der Waals surface area contributed by atoms with Gasteiger partial charge in [-0.25, -0.2) is 0 Å². The largest absolute Gasteiger partial charge is 0.382 e. The van der Waals surface area contributed by atoms with Gasteiger partial charge in [-0.1, -0.05) is 0 Å². The van der Waals surface area contributed by atoms with Crippen molar-refractivity contribution < 1.29 is 4.92 Å². The van der Waals surface area contributed by atoms with Gasteiger partial charge in [0.2, 0.25) is 5.71 Å². The number of nitrogens with two attached hydrogens (primary N) is 1. The van der Waals surface area contributed by atoms with Crippen molar-refractivity contribution in [3.05, 3.63) is 28.3 Å². The molecule has 0 amide bonds. The van der Waals surface area contributed by atoms with Gasteiger partial charge in [0, 0.05) is 24.8 Å². The van der Waals surface area contributed by atoms with Crippen LogP contribution >= 0.6 is 0 Å². The maximum absolute atomic E-state index is 11.1. The van der Waals surface area contributed by atoms with E-state index in [1.807, 2.05) is 0 Å². The van der Waals surface area contributed by atoms with E-state index in [-0.39, 0.29) is 17.1 Å². The quantitative estimate of drug-likeness (QED) is 0.324. The van der Waals surface area contributed by atoms with Crippen LogP contribution in [0.5, 0.6) is 0 Å². The molecule has 0 saturated carbocycles. The van der Waals surface area contributed by atoms with Crippen LogP contribution in [0.2, 0.25) is 0 Å². The lowest BCUT2D eigenvalue weighted by Crippen LogP contribution is -2.22. The highest BCUT2D eigenvalue weighted by atomic mass is 16.6. The first-order valence-corrected chi connectivity index (χ1v) is 6.64. The fourth-order valence-corrected chi connectivity index (χ4v) is 2.21. The van der Waals surface area contributed by atoms with E-state index in [9.17, 15) is 10.1 Å². The molecule has 114 valence electrons. The number of nitrogens with one attached hydrogen (secondary N) is 2. The predicted molar refractivity (Wildman–Crippen MR) is 83.1 cm³/mol. The molecule has 0 aliphatic carbocycles. The minimum Gasteiger partial charge on any atom is -0.382 e. The van der Waals surface area contributed by atoms with Gasteiger partial charge in [-0.05, 0) is 25.0 Å². The molecular formula is C13H15N7O2. The summed E-state index contributed by atoms with van der Waals surface area (Å²) in [5.41, 5.74) is 8.17. The zero-order valence-corrected chi connectivity index (χ0v) is 11.7. The number of rotatable bonds is 5. The summed E-state index contributed by atoms with van der Waals surface area (Å²) in [6.45, 7) is 1.80. The lowest BCUT2D eigenvalue weighted by molar-refractivity contribution is -0.383. The van der Waals surface area contributed by atoms with Crippen LogP contribution in [0, 0.1) is 26.9 Å². The summed E-state index contributed by atoms with van der Waals surface area (Å²) in [6.07, 6.45) is 2.17. The molecule has 0 spiro atoms. The molecule has 0 aromatic heterocycles. The van der Waals surface area contributed by atoms with Crippen LogP contribution in [-0.2, 0) is 0 Å². The van der Waals surface area contributed by atoms with Crippen molar-refractivity contribution in [2.24, 2.45) is 10.8 Å². The molecule has 1 aliphatic heterocycles. The number of hydrazone groups is 1. The molecule has 22 heavy (non-hydrogen) atoms. The molecule has 9 heteroatoms. The highest BCUT2D eigenvalue weighted by Gasteiger charge is 2.18. The van der Waals surface area contributed by atoms with Gasteiger partial charge in [-0.3, -0.25) is 20.9 Å². The Morgan fingerprint density at radius 1 is 1.50 bits per heavy atom. The summed E-state index contributed by atoms with van der Waals surface area (Å²) in [7, 11) is 0. The number of nitro benzene ring substituents is 1. The number of hydrogen-bond donors (Lipinski definition) is 3. The topological polar surface area (TPSA) is 144 Å². The number of nitriles is 1. The highest BCUT2D eigenvalue weighted by molar-refractivity contribution is 6.45. The second-order valence-corrected chi connectivity index (χ2v) is 4.75. The molecule has 1 heterocycles. The van der Waals surface area contributed by atoms with Crippen LogP contribution in [0.25, 0.3) is 0 Å². The fraction of sp³-hybridized carbons (Fsp3) is 0.308. The van der Waals surface area contributed by atoms with Crippen molar-refractivity contribution in [1.82, 2.24) is 0 Å². The zero-order valence-electron chi connectivity index (χ0n) is 11.7. The first-order valence-electron chi connectivity index (χ1n) is 6.64. The Balaban J connectivity index is 2.34. The van der Waals surface area contributed by atoms with E-state index in [4.69, 9.17) is 16.4 Å². The van der Waals surface area contributed by atoms with Crippen LogP contribution in [0.1, 0.15) is 12.8 Å². The number of benzene rings is 1. The Hall–Kier alpha value is -3.15. The maximum atomic E-state index is 11.1. The van der Waals surface area contributed by atoms with Crippen molar-refractivity contribution in [3.63, 3.8) is 0 Å². The standard InChI is InChI=1S/C13H15N7O2/c14-8-11(13(15)16)18-17-10-7-9(19-5-1-2-6-19)3-4-12(10)20(21)22/h3-4,7,17H,1-2,5-6H2,(H3,15,16)/b18-11+. The molecule has 0 bridgehead atoms. The highest BCUT2D eigenvalue weighted by Crippen LogP contribution is 2.31. The van der Waals surface area contributed by atoms with Gasteiger partial charge in [0.1, 0.15) is 11.8 Å². The third-order valence-electron chi connectivity index (χ3n) is 3.30. The Kier molecular flexibility index (Phi) is 4.53. The molecule has 0 unspecified atom stereocenters. The number of hydrogen-bond acceptors (Lipinski definition) is 7. The van der Waals surface area contributed by atoms with E-state index >= 15 is 0 Å². The SMILES string of the molecule is N#C/C(=N\Nc1cc(N2CCCC2)ccc1[N+](=O)[O-])C(=N)N. The van der Waals surface area contributed by atoms with E-state index in [0.29, 0.717) is 0 Å². The molecule has 0 atom stereocenters. The molecule has 2 rings (SSSR count). The number of amidine groups is 1. The fourth-order valence-electron chi connectivity index (χ4n) is 2.21. The van der Waals surface area contributed by atoms with Crippen molar-refractivity contribution in [3.8, 4) is 6.07 Å². The Labute approximate surface area is 126 Å². The molecule has 1 aromatic rings. The predicted octanol–water partition coefficient (Wildman–Crippen LogP) is 1.42. The van der Waals surface area contributed by atoms with Crippen molar-refractivity contribution in [2.45, 2.75) is 12.8 Å². The second-order valence-electron chi connectivity index (χ2n) is 4.75. The Bertz CT molecular complexity index is 671. The first-order chi connectivity index (χ1) is 10.5. The van der Waals surface area contributed by atoms with Crippen LogP contribution < -0.4 is 16.1 Å². The monoisotopic (exact) mass is 301 g/mol. The molecule has 1 aliphatic rings. The molecule has 1 fully saturated rings. The molecule has 9 nitrogen and oxygen atoms in total. The van der Waals surface area contributed by atoms with E-state index in [1.165, 1.54) is 6.07 Å². The van der Waals surface area contributed by atoms with Crippen LogP contribution in [0.15, 0.2) is 23.3 Å². The van der Waals surface area contributed by atoms with Gasteiger partial charge in [-0.15, -0.1) is 0 Å². The van der Waals surface area contributed by atoms with Gasteiger partial charge in [0.05, 0.1) is 4.92 Å². The van der Waals surface area contributed by atoms with Crippen molar-refractivity contribution >= 4 is 28.6 Å². The van der Waals surface area contributed by atoms with Gasteiger partial charge >= 0.3 is 0 Å². The number of anilines is 2. The second kappa shape index (κ2) is 6.53. The van der Waals surface area contributed by atoms with E-state index in [0.717, 1.165) is 31.6 Å². The minimum absolute atomic E-state index is 0.156. The van der Waals surface area contributed by atoms with Crippen molar-refractivity contribution in [2.75, 3.05) is 23.4 Å². The maximum Gasteiger partial charge on any atom is 0.294 e.